The molecule has 1 aromatic heterocycles. The molecular formula is C8H15N3O. The van der Waals surface area contributed by atoms with Crippen LogP contribution in [0, 0.1) is 0 Å². The Morgan fingerprint density at radius 3 is 2.83 bits per heavy atom. The van der Waals surface area contributed by atoms with Crippen LogP contribution < -0.4 is 5.73 Å². The third-order valence-electron chi connectivity index (χ3n) is 1.63. The molecule has 0 bridgehead atoms. The van der Waals surface area contributed by atoms with Gasteiger partial charge in [0.1, 0.15) is 0 Å². The van der Waals surface area contributed by atoms with Crippen molar-refractivity contribution >= 4 is 0 Å². The molecule has 0 spiro atoms. The van der Waals surface area contributed by atoms with E-state index < -0.39 is 0 Å². The predicted molar refractivity (Wildman–Crippen MR) is 45.5 cm³/mol. The van der Waals surface area contributed by atoms with Crippen molar-refractivity contribution in [2.24, 2.45) is 5.73 Å². The van der Waals surface area contributed by atoms with Crippen LogP contribution >= 0.6 is 0 Å². The summed E-state index contributed by atoms with van der Waals surface area (Å²) in [5.41, 5.74) is 5.56. The average Bonchev–Trinajstić information content (AvgIpc) is 2.48. The second kappa shape index (κ2) is 4.21. The molecule has 0 aliphatic rings. The van der Waals surface area contributed by atoms with Crippen molar-refractivity contribution < 1.29 is 4.52 Å². The Balaban J connectivity index is 2.52. The Morgan fingerprint density at radius 1 is 1.58 bits per heavy atom. The van der Waals surface area contributed by atoms with E-state index >= 15 is 0 Å². The van der Waals surface area contributed by atoms with Crippen LogP contribution in [0.5, 0.6) is 0 Å². The summed E-state index contributed by atoms with van der Waals surface area (Å²) in [5.74, 6) is 1.30. The van der Waals surface area contributed by atoms with Crippen LogP contribution in [-0.2, 0) is 6.42 Å². The van der Waals surface area contributed by atoms with E-state index in [0.717, 1.165) is 25.1 Å². The fourth-order valence-electron chi connectivity index (χ4n) is 0.889. The molecule has 4 heteroatoms. The maximum absolute atomic E-state index is 5.56. The molecule has 0 aromatic carbocycles. The van der Waals surface area contributed by atoms with E-state index in [0.29, 0.717) is 5.89 Å². The molecule has 0 fully saturated rings. The Morgan fingerprint density at radius 2 is 2.33 bits per heavy atom. The number of hydrogen-bond acceptors (Lipinski definition) is 4. The summed E-state index contributed by atoms with van der Waals surface area (Å²) in [6.45, 7) is 3.96. The van der Waals surface area contributed by atoms with Crippen molar-refractivity contribution in [3.05, 3.63) is 11.7 Å². The second-order valence-corrected chi connectivity index (χ2v) is 2.94. The zero-order valence-electron chi connectivity index (χ0n) is 7.58. The van der Waals surface area contributed by atoms with Gasteiger partial charge in [0.05, 0.1) is 6.04 Å². The third-order valence-corrected chi connectivity index (χ3v) is 1.63. The van der Waals surface area contributed by atoms with E-state index in [-0.39, 0.29) is 6.04 Å². The molecule has 68 valence electrons. The molecule has 0 radical (unpaired) electrons. The average molecular weight is 169 g/mol. The Kier molecular flexibility index (Phi) is 3.22. The van der Waals surface area contributed by atoms with Crippen molar-refractivity contribution in [2.45, 2.75) is 39.2 Å². The van der Waals surface area contributed by atoms with Crippen LogP contribution in [0.2, 0.25) is 0 Å². The molecule has 0 aliphatic carbocycles. The SMILES string of the molecule is CCCCc1noc(C(C)N)n1. The molecular weight excluding hydrogens is 154 g/mol. The van der Waals surface area contributed by atoms with Crippen LogP contribution in [0.1, 0.15) is 44.4 Å². The summed E-state index contributed by atoms with van der Waals surface area (Å²) in [4.78, 5) is 4.14. The Bertz CT molecular complexity index is 232. The fourth-order valence-corrected chi connectivity index (χ4v) is 0.889. The van der Waals surface area contributed by atoms with E-state index in [9.17, 15) is 0 Å². The first-order valence-electron chi connectivity index (χ1n) is 4.32. The minimum absolute atomic E-state index is 0.159. The van der Waals surface area contributed by atoms with Gasteiger partial charge < -0.3 is 10.3 Å². The lowest BCUT2D eigenvalue weighted by atomic mass is 10.2. The molecule has 1 aromatic rings. The van der Waals surface area contributed by atoms with E-state index in [1.165, 1.54) is 0 Å². The van der Waals surface area contributed by atoms with Gasteiger partial charge in [-0.3, -0.25) is 0 Å². The second-order valence-electron chi connectivity index (χ2n) is 2.94. The van der Waals surface area contributed by atoms with E-state index in [4.69, 9.17) is 10.3 Å². The summed E-state index contributed by atoms with van der Waals surface area (Å²) in [5, 5.41) is 3.81. The molecule has 0 saturated heterocycles. The Labute approximate surface area is 72.1 Å². The first-order chi connectivity index (χ1) is 5.74. The summed E-state index contributed by atoms with van der Waals surface area (Å²) in [6.07, 6.45) is 3.12. The third kappa shape index (κ3) is 2.30. The minimum Gasteiger partial charge on any atom is -0.338 e. The van der Waals surface area contributed by atoms with Crippen molar-refractivity contribution in [3.8, 4) is 0 Å². The van der Waals surface area contributed by atoms with Gasteiger partial charge in [0, 0.05) is 6.42 Å². The molecule has 1 unspecified atom stereocenters. The standard InChI is InChI=1S/C8H15N3O/c1-3-4-5-7-10-8(6(2)9)12-11-7/h6H,3-5,9H2,1-2H3. The number of unbranched alkanes of at least 4 members (excludes halogenated alkanes) is 1. The maximum atomic E-state index is 5.56. The van der Waals surface area contributed by atoms with Gasteiger partial charge in [-0.25, -0.2) is 0 Å². The lowest BCUT2D eigenvalue weighted by Crippen LogP contribution is -2.05. The van der Waals surface area contributed by atoms with E-state index in [2.05, 4.69) is 17.1 Å². The molecule has 0 saturated carbocycles. The summed E-state index contributed by atoms with van der Waals surface area (Å²) >= 11 is 0. The first-order valence-corrected chi connectivity index (χ1v) is 4.32. The monoisotopic (exact) mass is 169 g/mol. The van der Waals surface area contributed by atoms with Crippen molar-refractivity contribution in [1.29, 1.82) is 0 Å². The van der Waals surface area contributed by atoms with Crippen molar-refractivity contribution in [3.63, 3.8) is 0 Å². The van der Waals surface area contributed by atoms with Crippen LogP contribution in [0.3, 0.4) is 0 Å². The van der Waals surface area contributed by atoms with Crippen LogP contribution in [0.25, 0.3) is 0 Å². The highest BCUT2D eigenvalue weighted by Crippen LogP contribution is 2.07. The Hall–Kier alpha value is -0.900. The van der Waals surface area contributed by atoms with Gasteiger partial charge in [0.2, 0.25) is 5.89 Å². The fraction of sp³-hybridized carbons (Fsp3) is 0.750. The number of nitrogens with two attached hydrogens (primary N) is 1. The van der Waals surface area contributed by atoms with Crippen LogP contribution in [0.4, 0.5) is 0 Å². The topological polar surface area (TPSA) is 64.9 Å². The van der Waals surface area contributed by atoms with Gasteiger partial charge >= 0.3 is 0 Å². The molecule has 2 N–H and O–H groups in total. The molecule has 0 aliphatic heterocycles. The highest BCUT2D eigenvalue weighted by atomic mass is 16.5. The molecule has 4 nitrogen and oxygen atoms in total. The largest absolute Gasteiger partial charge is 0.338 e. The predicted octanol–water partition coefficient (Wildman–Crippen LogP) is 1.43. The van der Waals surface area contributed by atoms with Gasteiger partial charge in [-0.05, 0) is 13.3 Å². The smallest absolute Gasteiger partial charge is 0.243 e. The van der Waals surface area contributed by atoms with E-state index in [1.54, 1.807) is 0 Å². The van der Waals surface area contributed by atoms with Crippen LogP contribution in [-0.4, -0.2) is 10.1 Å². The number of hydrogen-bond donors (Lipinski definition) is 1. The summed E-state index contributed by atoms with van der Waals surface area (Å²) < 4.78 is 4.94. The number of rotatable bonds is 4. The van der Waals surface area contributed by atoms with Crippen molar-refractivity contribution in [2.75, 3.05) is 0 Å². The highest BCUT2D eigenvalue weighted by molar-refractivity contribution is 4.89. The molecule has 1 rings (SSSR count). The molecule has 1 heterocycles. The van der Waals surface area contributed by atoms with Crippen LogP contribution in [0.15, 0.2) is 4.52 Å². The summed E-state index contributed by atoms with van der Waals surface area (Å²) in [6, 6.07) is -0.159. The maximum Gasteiger partial charge on any atom is 0.243 e. The van der Waals surface area contributed by atoms with Gasteiger partial charge in [-0.1, -0.05) is 18.5 Å². The van der Waals surface area contributed by atoms with Gasteiger partial charge in [-0.2, -0.15) is 4.98 Å². The molecule has 1 atom stereocenters. The zero-order chi connectivity index (χ0) is 8.97. The van der Waals surface area contributed by atoms with Gasteiger partial charge in [0.15, 0.2) is 5.82 Å². The quantitative estimate of drug-likeness (QED) is 0.740. The van der Waals surface area contributed by atoms with Gasteiger partial charge in [0.25, 0.3) is 0 Å². The van der Waals surface area contributed by atoms with Gasteiger partial charge in [-0.15, -0.1) is 0 Å². The molecule has 0 amide bonds. The number of aryl methyl sites for hydroxylation is 1. The van der Waals surface area contributed by atoms with E-state index in [1.807, 2.05) is 6.92 Å². The van der Waals surface area contributed by atoms with Crippen molar-refractivity contribution in [1.82, 2.24) is 10.1 Å². The lowest BCUT2D eigenvalue weighted by Gasteiger charge is -1.93. The zero-order valence-corrected chi connectivity index (χ0v) is 7.58. The first kappa shape index (κ1) is 9.19. The highest BCUT2D eigenvalue weighted by Gasteiger charge is 2.08. The number of aromatic nitrogens is 2. The number of nitrogens with zero attached hydrogens (tertiary/aromatic N) is 2. The molecule has 12 heavy (non-hydrogen) atoms. The summed E-state index contributed by atoms with van der Waals surface area (Å²) in [7, 11) is 0. The lowest BCUT2D eigenvalue weighted by molar-refractivity contribution is 0.357. The minimum atomic E-state index is -0.159. The normalized spacial score (nSPS) is 13.2.